The molecule has 0 aliphatic carbocycles. The van der Waals surface area contributed by atoms with Crippen LogP contribution in [0.25, 0.3) is 22.4 Å². The van der Waals surface area contributed by atoms with E-state index in [1.165, 1.54) is 6.07 Å². The molecule has 0 bridgehead atoms. The van der Waals surface area contributed by atoms with Gasteiger partial charge in [-0.1, -0.05) is 24.3 Å². The van der Waals surface area contributed by atoms with Crippen LogP contribution in [0.4, 0.5) is 11.5 Å². The van der Waals surface area contributed by atoms with E-state index in [4.69, 9.17) is 5.73 Å². The Hall–Kier alpha value is -3.28. The molecule has 0 unspecified atom stereocenters. The number of anilines is 1. The highest BCUT2D eigenvalue weighted by molar-refractivity contribution is 5.87. The lowest BCUT2D eigenvalue weighted by atomic mass is 9.92. The number of nitro groups is 1. The van der Waals surface area contributed by atoms with E-state index in [1.54, 1.807) is 12.4 Å². The fraction of sp³-hybridized carbons (Fsp3) is 0.158. The third-order valence-electron chi connectivity index (χ3n) is 4.22. The van der Waals surface area contributed by atoms with Crippen LogP contribution in [0.5, 0.6) is 0 Å². The lowest BCUT2D eigenvalue weighted by Gasteiger charge is -2.15. The monoisotopic (exact) mass is 334 g/mol. The van der Waals surface area contributed by atoms with E-state index in [9.17, 15) is 10.1 Å². The second-order valence-corrected chi connectivity index (χ2v) is 6.01. The van der Waals surface area contributed by atoms with Crippen molar-refractivity contribution in [2.45, 2.75) is 20.8 Å². The third kappa shape index (κ3) is 2.94. The largest absolute Gasteiger partial charge is 0.378 e. The van der Waals surface area contributed by atoms with Crippen LogP contribution in [0.3, 0.4) is 0 Å². The van der Waals surface area contributed by atoms with Crippen LogP contribution < -0.4 is 5.73 Å². The van der Waals surface area contributed by atoms with Crippen molar-refractivity contribution in [2.24, 2.45) is 0 Å². The zero-order chi connectivity index (χ0) is 18.1. The van der Waals surface area contributed by atoms with Gasteiger partial charge in [-0.2, -0.15) is 0 Å². The summed E-state index contributed by atoms with van der Waals surface area (Å²) >= 11 is 0. The molecule has 126 valence electrons. The molecule has 0 fully saturated rings. The fourth-order valence-corrected chi connectivity index (χ4v) is 3.02. The summed E-state index contributed by atoms with van der Waals surface area (Å²) in [4.78, 5) is 19.4. The maximum Gasteiger partial charge on any atom is 0.311 e. The summed E-state index contributed by atoms with van der Waals surface area (Å²) in [7, 11) is 0. The number of aromatic nitrogens is 2. The Morgan fingerprint density at radius 2 is 1.64 bits per heavy atom. The lowest BCUT2D eigenvalue weighted by molar-refractivity contribution is -0.384. The van der Waals surface area contributed by atoms with Gasteiger partial charge in [-0.25, -0.2) is 4.98 Å². The number of pyridine rings is 2. The van der Waals surface area contributed by atoms with Gasteiger partial charge in [0.2, 0.25) is 5.82 Å². The first kappa shape index (κ1) is 16.6. The average molecular weight is 334 g/mol. The molecule has 0 amide bonds. The molecular formula is C19H18N4O2. The molecule has 3 rings (SSSR count). The number of aryl methyl sites for hydroxylation is 3. The van der Waals surface area contributed by atoms with Gasteiger partial charge in [0.25, 0.3) is 0 Å². The Kier molecular flexibility index (Phi) is 4.19. The van der Waals surface area contributed by atoms with Gasteiger partial charge in [-0.05, 0) is 43.0 Å². The molecule has 3 aromatic rings. The molecule has 1 aromatic carbocycles. The van der Waals surface area contributed by atoms with Crippen LogP contribution in [0.1, 0.15) is 16.7 Å². The molecule has 2 aromatic heterocycles. The zero-order valence-corrected chi connectivity index (χ0v) is 14.3. The van der Waals surface area contributed by atoms with E-state index in [1.807, 2.05) is 45.0 Å². The van der Waals surface area contributed by atoms with Gasteiger partial charge in [0.15, 0.2) is 0 Å². The quantitative estimate of drug-likeness (QED) is 0.571. The van der Waals surface area contributed by atoms with E-state index in [0.717, 1.165) is 27.8 Å². The van der Waals surface area contributed by atoms with Crippen molar-refractivity contribution < 1.29 is 4.92 Å². The predicted octanol–water partition coefficient (Wildman–Crippen LogP) is 4.23. The number of hydrogen-bond acceptors (Lipinski definition) is 5. The molecule has 25 heavy (non-hydrogen) atoms. The summed E-state index contributed by atoms with van der Waals surface area (Å²) in [6.45, 7) is 5.84. The lowest BCUT2D eigenvalue weighted by Crippen LogP contribution is -2.03. The number of nitrogen functional groups attached to an aromatic ring is 1. The summed E-state index contributed by atoms with van der Waals surface area (Å²) in [6.07, 6.45) is 3.48. The Labute approximate surface area is 145 Å². The van der Waals surface area contributed by atoms with E-state index in [2.05, 4.69) is 9.97 Å². The number of nitrogens with two attached hydrogens (primary N) is 1. The molecule has 0 radical (unpaired) electrons. The Balaban J connectivity index is 2.41. The van der Waals surface area contributed by atoms with Crippen molar-refractivity contribution in [3.8, 4) is 22.4 Å². The van der Waals surface area contributed by atoms with E-state index >= 15 is 0 Å². The maximum absolute atomic E-state index is 11.4. The minimum Gasteiger partial charge on any atom is -0.378 e. The Bertz CT molecular complexity index is 963. The molecular weight excluding hydrogens is 316 g/mol. The number of nitrogens with zero attached hydrogens (tertiary/aromatic N) is 3. The smallest absolute Gasteiger partial charge is 0.311 e. The molecule has 2 heterocycles. The molecule has 2 N–H and O–H groups in total. The Morgan fingerprint density at radius 1 is 1.00 bits per heavy atom. The minimum absolute atomic E-state index is 0.0867. The van der Waals surface area contributed by atoms with Crippen LogP contribution in [0.15, 0.2) is 42.7 Å². The van der Waals surface area contributed by atoms with Gasteiger partial charge in [0, 0.05) is 29.6 Å². The van der Waals surface area contributed by atoms with Crippen molar-refractivity contribution in [1.82, 2.24) is 9.97 Å². The van der Waals surface area contributed by atoms with Crippen LogP contribution in [0, 0.1) is 30.9 Å². The molecule has 0 spiro atoms. The van der Waals surface area contributed by atoms with Gasteiger partial charge in [-0.3, -0.25) is 15.1 Å². The summed E-state index contributed by atoms with van der Waals surface area (Å²) in [6, 6.07) is 9.29. The number of hydrogen-bond donors (Lipinski definition) is 1. The van der Waals surface area contributed by atoms with Gasteiger partial charge in [0.1, 0.15) is 0 Å². The topological polar surface area (TPSA) is 94.9 Å². The zero-order valence-electron chi connectivity index (χ0n) is 14.3. The van der Waals surface area contributed by atoms with E-state index in [0.29, 0.717) is 11.3 Å². The summed E-state index contributed by atoms with van der Waals surface area (Å²) in [5.41, 5.74) is 11.7. The summed E-state index contributed by atoms with van der Waals surface area (Å²) in [5, 5.41) is 11.4. The van der Waals surface area contributed by atoms with Crippen molar-refractivity contribution in [1.29, 1.82) is 0 Å². The summed E-state index contributed by atoms with van der Waals surface area (Å²) in [5.74, 6) is -0.0867. The van der Waals surface area contributed by atoms with Crippen LogP contribution in [0.2, 0.25) is 0 Å². The van der Waals surface area contributed by atoms with Gasteiger partial charge < -0.3 is 5.73 Å². The standard InChI is InChI=1S/C19H18N4O2/c1-11-6-4-5-7-14(11)18-15(8-16(23(24)25)19(20)22-18)17-12(2)9-21-10-13(17)3/h4-10H,1-3H3,(H2,20,22). The first-order valence-electron chi connectivity index (χ1n) is 7.82. The second-order valence-electron chi connectivity index (χ2n) is 6.01. The molecule has 0 aliphatic heterocycles. The average Bonchev–Trinajstić information content (AvgIpc) is 2.56. The molecule has 0 atom stereocenters. The SMILES string of the molecule is Cc1ccccc1-c1nc(N)c([N+](=O)[O-])cc1-c1c(C)cncc1C. The molecule has 0 aliphatic rings. The van der Waals surface area contributed by atoms with Crippen molar-refractivity contribution >= 4 is 11.5 Å². The second kappa shape index (κ2) is 6.32. The molecule has 0 saturated heterocycles. The highest BCUT2D eigenvalue weighted by Crippen LogP contribution is 2.39. The molecule has 6 heteroatoms. The fourth-order valence-electron chi connectivity index (χ4n) is 3.02. The van der Waals surface area contributed by atoms with E-state index in [-0.39, 0.29) is 11.5 Å². The highest BCUT2D eigenvalue weighted by atomic mass is 16.6. The first-order valence-corrected chi connectivity index (χ1v) is 7.82. The van der Waals surface area contributed by atoms with E-state index < -0.39 is 4.92 Å². The van der Waals surface area contributed by atoms with Crippen LogP contribution >= 0.6 is 0 Å². The minimum atomic E-state index is -0.501. The van der Waals surface area contributed by atoms with Crippen molar-refractivity contribution in [2.75, 3.05) is 5.73 Å². The maximum atomic E-state index is 11.4. The highest BCUT2D eigenvalue weighted by Gasteiger charge is 2.22. The first-order chi connectivity index (χ1) is 11.9. The predicted molar refractivity (Wildman–Crippen MR) is 98.2 cm³/mol. The summed E-state index contributed by atoms with van der Waals surface area (Å²) < 4.78 is 0. The Morgan fingerprint density at radius 3 is 2.24 bits per heavy atom. The normalized spacial score (nSPS) is 10.7. The third-order valence-corrected chi connectivity index (χ3v) is 4.22. The molecule has 0 saturated carbocycles. The van der Waals surface area contributed by atoms with Crippen molar-refractivity contribution in [3.05, 3.63) is 69.5 Å². The molecule has 6 nitrogen and oxygen atoms in total. The van der Waals surface area contributed by atoms with Crippen LogP contribution in [-0.4, -0.2) is 14.9 Å². The van der Waals surface area contributed by atoms with Crippen molar-refractivity contribution in [3.63, 3.8) is 0 Å². The van der Waals surface area contributed by atoms with Crippen LogP contribution in [-0.2, 0) is 0 Å². The number of benzene rings is 1. The van der Waals surface area contributed by atoms with Gasteiger partial charge >= 0.3 is 5.69 Å². The van der Waals surface area contributed by atoms with Gasteiger partial charge in [-0.15, -0.1) is 0 Å². The number of rotatable bonds is 3. The van der Waals surface area contributed by atoms with Gasteiger partial charge in [0.05, 0.1) is 10.6 Å².